The molecule has 76 valence electrons. The van der Waals surface area contributed by atoms with Gasteiger partial charge in [0.1, 0.15) is 0 Å². The minimum Gasteiger partial charge on any atom is -0.391 e. The van der Waals surface area contributed by atoms with Crippen LogP contribution in [0.4, 0.5) is 5.00 Å². The van der Waals surface area contributed by atoms with Crippen LogP contribution in [0.3, 0.4) is 0 Å². The Morgan fingerprint density at radius 3 is 2.80 bits per heavy atom. The summed E-state index contributed by atoms with van der Waals surface area (Å²) in [4.78, 5) is 1.89. The second kappa shape index (κ2) is 3.01. The number of thiophene rings is 1. The predicted molar refractivity (Wildman–Crippen MR) is 61.1 cm³/mol. The number of aromatic nitrogens is 4. The molecule has 0 bridgehead atoms. The van der Waals surface area contributed by atoms with Crippen molar-refractivity contribution in [2.45, 2.75) is 6.92 Å². The quantitative estimate of drug-likeness (QED) is 0.700. The van der Waals surface area contributed by atoms with E-state index in [1.165, 1.54) is 22.7 Å². The summed E-state index contributed by atoms with van der Waals surface area (Å²) in [5.41, 5.74) is 5.68. The van der Waals surface area contributed by atoms with E-state index >= 15 is 0 Å². The molecule has 0 unspecified atom stereocenters. The van der Waals surface area contributed by atoms with Crippen LogP contribution in [-0.2, 0) is 0 Å². The summed E-state index contributed by atoms with van der Waals surface area (Å²) in [6.45, 7) is 1.88. The molecule has 0 aromatic carbocycles. The lowest BCUT2D eigenvalue weighted by Crippen LogP contribution is -1.87. The smallest absolute Gasteiger partial charge is 0.234 e. The van der Waals surface area contributed by atoms with E-state index in [1.807, 2.05) is 19.1 Å². The molecular formula is C8H7N5S2. The number of nitrogens with zero attached hydrogens (tertiary/aromatic N) is 4. The van der Waals surface area contributed by atoms with Crippen LogP contribution in [0.1, 0.15) is 5.82 Å². The fraction of sp³-hybridized carbons (Fsp3) is 0.125. The van der Waals surface area contributed by atoms with E-state index in [-0.39, 0.29) is 0 Å². The van der Waals surface area contributed by atoms with Crippen molar-refractivity contribution in [3.05, 3.63) is 18.0 Å². The Hall–Kier alpha value is -1.47. The van der Waals surface area contributed by atoms with Crippen molar-refractivity contribution in [3.63, 3.8) is 0 Å². The Morgan fingerprint density at radius 1 is 1.27 bits per heavy atom. The molecule has 5 nitrogen and oxygen atoms in total. The van der Waals surface area contributed by atoms with Crippen molar-refractivity contribution >= 4 is 32.6 Å². The zero-order valence-corrected chi connectivity index (χ0v) is 9.47. The molecule has 0 saturated heterocycles. The molecule has 7 heteroatoms. The molecule has 0 amide bonds. The molecule has 3 heterocycles. The number of fused-ring (bicyclic) bond motifs is 1. The predicted octanol–water partition coefficient (Wildman–Crippen LogP) is 1.80. The Labute approximate surface area is 93.2 Å². The molecule has 0 aliphatic heterocycles. The summed E-state index contributed by atoms with van der Waals surface area (Å²) in [6.07, 6.45) is 0. The molecule has 0 aliphatic rings. The van der Waals surface area contributed by atoms with Crippen LogP contribution in [-0.4, -0.2) is 19.8 Å². The normalized spacial score (nSPS) is 11.3. The molecule has 0 atom stereocenters. The van der Waals surface area contributed by atoms with Crippen molar-refractivity contribution in [3.8, 4) is 9.88 Å². The van der Waals surface area contributed by atoms with Gasteiger partial charge in [-0.2, -0.15) is 9.61 Å². The average Bonchev–Trinajstić information content (AvgIpc) is 2.84. The first kappa shape index (κ1) is 8.81. The third-order valence-electron chi connectivity index (χ3n) is 1.98. The van der Waals surface area contributed by atoms with Crippen molar-refractivity contribution in [1.29, 1.82) is 0 Å². The Morgan fingerprint density at radius 2 is 2.13 bits per heavy atom. The van der Waals surface area contributed by atoms with Gasteiger partial charge in [0.2, 0.25) is 4.96 Å². The van der Waals surface area contributed by atoms with Crippen LogP contribution < -0.4 is 5.73 Å². The number of nitrogen functional groups attached to an aromatic ring is 1. The first-order valence-electron chi connectivity index (χ1n) is 4.28. The van der Waals surface area contributed by atoms with Gasteiger partial charge >= 0.3 is 0 Å². The third kappa shape index (κ3) is 1.31. The van der Waals surface area contributed by atoms with Gasteiger partial charge in [0.15, 0.2) is 10.8 Å². The van der Waals surface area contributed by atoms with Crippen molar-refractivity contribution in [1.82, 2.24) is 19.8 Å². The molecule has 15 heavy (non-hydrogen) atoms. The first-order chi connectivity index (χ1) is 7.24. The average molecular weight is 237 g/mol. The summed E-state index contributed by atoms with van der Waals surface area (Å²) in [6, 6.07) is 3.86. The molecule has 3 rings (SSSR count). The number of rotatable bonds is 1. The van der Waals surface area contributed by atoms with E-state index in [0.29, 0.717) is 0 Å². The zero-order chi connectivity index (χ0) is 10.4. The van der Waals surface area contributed by atoms with E-state index in [4.69, 9.17) is 5.73 Å². The summed E-state index contributed by atoms with van der Waals surface area (Å²) < 4.78 is 1.75. The van der Waals surface area contributed by atoms with Crippen molar-refractivity contribution < 1.29 is 0 Å². The minimum absolute atomic E-state index is 0.799. The van der Waals surface area contributed by atoms with Crippen LogP contribution in [0.25, 0.3) is 14.8 Å². The lowest BCUT2D eigenvalue weighted by Gasteiger charge is -1.86. The zero-order valence-electron chi connectivity index (χ0n) is 7.84. The van der Waals surface area contributed by atoms with Gasteiger partial charge in [-0.15, -0.1) is 21.5 Å². The molecule has 0 radical (unpaired) electrons. The van der Waals surface area contributed by atoms with Gasteiger partial charge in [-0.1, -0.05) is 11.3 Å². The summed E-state index contributed by atoms with van der Waals surface area (Å²) in [7, 11) is 0. The highest BCUT2D eigenvalue weighted by molar-refractivity contribution is 7.25. The van der Waals surface area contributed by atoms with Crippen LogP contribution in [0.2, 0.25) is 0 Å². The Bertz CT molecular complexity index is 620. The summed E-state index contributed by atoms with van der Waals surface area (Å²) in [5.74, 6) is 0.803. The van der Waals surface area contributed by atoms with Crippen molar-refractivity contribution in [2.24, 2.45) is 0 Å². The molecule has 0 aliphatic carbocycles. The fourth-order valence-corrected chi connectivity index (χ4v) is 2.99. The Balaban J connectivity index is 2.19. The summed E-state index contributed by atoms with van der Waals surface area (Å²) in [5, 5.41) is 14.1. The lowest BCUT2D eigenvalue weighted by atomic mass is 10.5. The first-order valence-corrected chi connectivity index (χ1v) is 5.92. The maximum Gasteiger partial charge on any atom is 0.234 e. The van der Waals surface area contributed by atoms with Crippen LogP contribution in [0.5, 0.6) is 0 Å². The standard InChI is InChI=1S/C8H7N5S2/c1-4-10-11-8-13(4)12-7(15-8)5-2-3-6(9)14-5/h2-3H,9H2,1H3. The van der Waals surface area contributed by atoms with Gasteiger partial charge in [0.05, 0.1) is 9.88 Å². The molecule has 0 spiro atoms. The largest absolute Gasteiger partial charge is 0.391 e. The third-order valence-corrected chi connectivity index (χ3v) is 3.97. The van der Waals surface area contributed by atoms with Gasteiger partial charge < -0.3 is 5.73 Å². The Kier molecular flexibility index (Phi) is 1.77. The molecular weight excluding hydrogens is 230 g/mol. The SMILES string of the molecule is Cc1nnc2sc(-c3ccc(N)s3)nn12. The van der Waals surface area contributed by atoms with E-state index < -0.39 is 0 Å². The molecule has 0 saturated carbocycles. The number of hydrogen-bond acceptors (Lipinski definition) is 6. The maximum absolute atomic E-state index is 5.68. The van der Waals surface area contributed by atoms with Crippen molar-refractivity contribution in [2.75, 3.05) is 5.73 Å². The highest BCUT2D eigenvalue weighted by Crippen LogP contribution is 2.32. The molecule has 0 fully saturated rings. The topological polar surface area (TPSA) is 69.1 Å². The van der Waals surface area contributed by atoms with Gasteiger partial charge in [-0.25, -0.2) is 0 Å². The highest BCUT2D eigenvalue weighted by atomic mass is 32.1. The lowest BCUT2D eigenvalue weighted by molar-refractivity contribution is 0.898. The molecule has 3 aromatic heterocycles. The number of anilines is 1. The van der Waals surface area contributed by atoms with Crippen LogP contribution >= 0.6 is 22.7 Å². The van der Waals surface area contributed by atoms with Crippen LogP contribution in [0.15, 0.2) is 12.1 Å². The molecule has 3 aromatic rings. The van der Waals surface area contributed by atoms with E-state index in [0.717, 1.165) is 25.7 Å². The second-order valence-corrected chi connectivity index (χ2v) is 5.12. The number of nitrogens with two attached hydrogens (primary N) is 1. The van der Waals surface area contributed by atoms with E-state index in [2.05, 4.69) is 15.3 Å². The van der Waals surface area contributed by atoms with Crippen LogP contribution in [0, 0.1) is 6.92 Å². The number of hydrogen-bond donors (Lipinski definition) is 1. The van der Waals surface area contributed by atoms with E-state index in [1.54, 1.807) is 4.52 Å². The number of aryl methyl sites for hydroxylation is 1. The fourth-order valence-electron chi connectivity index (χ4n) is 1.28. The maximum atomic E-state index is 5.68. The second-order valence-electron chi connectivity index (χ2n) is 3.05. The van der Waals surface area contributed by atoms with Gasteiger partial charge in [-0.3, -0.25) is 0 Å². The minimum atomic E-state index is 0.799. The highest BCUT2D eigenvalue weighted by Gasteiger charge is 2.11. The van der Waals surface area contributed by atoms with Gasteiger partial charge in [-0.05, 0) is 19.1 Å². The van der Waals surface area contributed by atoms with Gasteiger partial charge in [0, 0.05) is 0 Å². The summed E-state index contributed by atoms with van der Waals surface area (Å²) >= 11 is 3.05. The van der Waals surface area contributed by atoms with E-state index in [9.17, 15) is 0 Å². The monoisotopic (exact) mass is 237 g/mol. The molecule has 2 N–H and O–H groups in total. The van der Waals surface area contributed by atoms with Gasteiger partial charge in [0.25, 0.3) is 0 Å².